The molecule has 0 aliphatic rings. The van der Waals surface area contributed by atoms with Gasteiger partial charge in [-0.1, -0.05) is 30.3 Å². The quantitative estimate of drug-likeness (QED) is 0.470. The van der Waals surface area contributed by atoms with Gasteiger partial charge in [0.15, 0.2) is 0 Å². The number of aromatic amines is 1. The highest BCUT2D eigenvalue weighted by molar-refractivity contribution is 5.86. The molecule has 4 heteroatoms. The maximum atomic E-state index is 13.3. The van der Waals surface area contributed by atoms with Crippen LogP contribution in [0.3, 0.4) is 0 Å². The molecule has 4 aromatic rings. The highest BCUT2D eigenvalue weighted by Crippen LogP contribution is 2.35. The summed E-state index contributed by atoms with van der Waals surface area (Å²) in [6.07, 6.45) is 0. The molecule has 4 rings (SSSR count). The summed E-state index contributed by atoms with van der Waals surface area (Å²) in [6, 6.07) is 22.7. The first kappa shape index (κ1) is 17.2. The van der Waals surface area contributed by atoms with E-state index in [1.165, 1.54) is 23.1 Å². The lowest BCUT2D eigenvalue weighted by Crippen LogP contribution is -2.13. The highest BCUT2D eigenvalue weighted by atomic mass is 19.1. The Labute approximate surface area is 157 Å². The molecule has 0 bridgehead atoms. The predicted octanol–water partition coefficient (Wildman–Crippen LogP) is 5.83. The molecule has 0 fully saturated rings. The van der Waals surface area contributed by atoms with Crippen LogP contribution in [-0.4, -0.2) is 12.1 Å². The van der Waals surface area contributed by atoms with Crippen molar-refractivity contribution >= 4 is 16.6 Å². The number of aromatic nitrogens is 1. The second-order valence-electron chi connectivity index (χ2n) is 6.57. The molecule has 3 nitrogen and oxygen atoms in total. The van der Waals surface area contributed by atoms with Gasteiger partial charge < -0.3 is 15.0 Å². The van der Waals surface area contributed by atoms with E-state index in [4.69, 9.17) is 4.74 Å². The summed E-state index contributed by atoms with van der Waals surface area (Å²) in [5, 5.41) is 4.74. The fourth-order valence-corrected chi connectivity index (χ4v) is 3.50. The van der Waals surface area contributed by atoms with Crippen molar-refractivity contribution < 1.29 is 9.13 Å². The fraction of sp³-hybridized carbons (Fsp3) is 0.130. The second kappa shape index (κ2) is 7.16. The Morgan fingerprint density at radius 1 is 0.926 bits per heavy atom. The van der Waals surface area contributed by atoms with E-state index in [1.807, 2.05) is 24.3 Å². The molecule has 1 unspecified atom stereocenters. The molecule has 0 radical (unpaired) electrons. The third kappa shape index (κ3) is 3.38. The minimum atomic E-state index is -0.246. The van der Waals surface area contributed by atoms with Gasteiger partial charge in [-0.15, -0.1) is 0 Å². The monoisotopic (exact) mass is 360 g/mol. The maximum absolute atomic E-state index is 13.3. The Hall–Kier alpha value is -3.27. The van der Waals surface area contributed by atoms with Crippen molar-refractivity contribution in [2.45, 2.75) is 13.0 Å². The Bertz CT molecular complexity index is 1050. The second-order valence-corrected chi connectivity index (χ2v) is 6.57. The Morgan fingerprint density at radius 2 is 1.63 bits per heavy atom. The first-order valence-corrected chi connectivity index (χ1v) is 8.89. The number of fused-ring (bicyclic) bond motifs is 1. The van der Waals surface area contributed by atoms with Crippen molar-refractivity contribution in [2.75, 3.05) is 12.4 Å². The fourth-order valence-electron chi connectivity index (χ4n) is 3.50. The normalized spacial score (nSPS) is 12.1. The first-order valence-electron chi connectivity index (χ1n) is 8.89. The zero-order chi connectivity index (χ0) is 18.8. The van der Waals surface area contributed by atoms with Crippen LogP contribution in [0.1, 0.15) is 22.9 Å². The van der Waals surface area contributed by atoms with Crippen LogP contribution < -0.4 is 10.1 Å². The molecule has 27 heavy (non-hydrogen) atoms. The summed E-state index contributed by atoms with van der Waals surface area (Å²) in [5.41, 5.74) is 5.35. The predicted molar refractivity (Wildman–Crippen MR) is 108 cm³/mol. The van der Waals surface area contributed by atoms with Gasteiger partial charge in [0.25, 0.3) is 0 Å². The van der Waals surface area contributed by atoms with Gasteiger partial charge in [-0.2, -0.15) is 0 Å². The van der Waals surface area contributed by atoms with E-state index in [0.717, 1.165) is 28.2 Å². The van der Waals surface area contributed by atoms with Crippen molar-refractivity contribution in [2.24, 2.45) is 0 Å². The Kier molecular flexibility index (Phi) is 4.55. The third-order valence-electron chi connectivity index (χ3n) is 4.84. The summed E-state index contributed by atoms with van der Waals surface area (Å²) in [5.74, 6) is 0.569. The number of aryl methyl sites for hydroxylation is 1. The molecule has 1 aromatic heterocycles. The molecule has 136 valence electrons. The third-order valence-corrected chi connectivity index (χ3v) is 4.84. The number of halogens is 1. The Balaban J connectivity index is 1.83. The summed E-state index contributed by atoms with van der Waals surface area (Å²) < 4.78 is 18.6. The van der Waals surface area contributed by atoms with Gasteiger partial charge in [-0.05, 0) is 55.0 Å². The molecule has 0 amide bonds. The van der Waals surface area contributed by atoms with E-state index in [9.17, 15) is 4.39 Å². The number of para-hydroxylation sites is 1. The number of nitrogens with one attached hydrogen (secondary N) is 2. The highest BCUT2D eigenvalue weighted by Gasteiger charge is 2.21. The maximum Gasteiger partial charge on any atom is 0.123 e. The molecular formula is C23H21FN2O. The van der Waals surface area contributed by atoms with E-state index >= 15 is 0 Å². The summed E-state index contributed by atoms with van der Waals surface area (Å²) in [6.45, 7) is 2.08. The average molecular weight is 360 g/mol. The minimum Gasteiger partial charge on any atom is -0.497 e. The molecular weight excluding hydrogens is 339 g/mol. The van der Waals surface area contributed by atoms with Crippen LogP contribution in [0.5, 0.6) is 5.75 Å². The number of methoxy groups -OCH3 is 1. The van der Waals surface area contributed by atoms with E-state index in [1.54, 1.807) is 19.2 Å². The molecule has 0 aliphatic carbocycles. The molecule has 1 heterocycles. The smallest absolute Gasteiger partial charge is 0.123 e. The average Bonchev–Trinajstić information content (AvgIpc) is 3.03. The van der Waals surface area contributed by atoms with Crippen LogP contribution in [0, 0.1) is 12.7 Å². The number of H-pyrrole nitrogens is 1. The zero-order valence-electron chi connectivity index (χ0n) is 15.3. The van der Waals surface area contributed by atoms with Crippen LogP contribution in [0.4, 0.5) is 10.1 Å². The molecule has 0 aliphatic heterocycles. The number of rotatable bonds is 5. The standard InChI is InChI=1S/C23H21FN2O/c1-15-22(20-5-3-4-6-21(20)25-15)23(16-7-13-19(27-2)14-8-16)26-18-11-9-17(24)10-12-18/h3-14,23,25-26H,1-2H3. The van der Waals surface area contributed by atoms with Crippen molar-refractivity contribution in [1.82, 2.24) is 4.98 Å². The summed E-state index contributed by atoms with van der Waals surface area (Å²) in [4.78, 5) is 3.47. The number of anilines is 1. The van der Waals surface area contributed by atoms with Crippen LogP contribution in [0.15, 0.2) is 72.8 Å². The molecule has 1 atom stereocenters. The van der Waals surface area contributed by atoms with Gasteiger partial charge in [0.05, 0.1) is 13.2 Å². The lowest BCUT2D eigenvalue weighted by molar-refractivity contribution is 0.414. The summed E-state index contributed by atoms with van der Waals surface area (Å²) >= 11 is 0. The lowest BCUT2D eigenvalue weighted by Gasteiger charge is -2.22. The van der Waals surface area contributed by atoms with Gasteiger partial charge in [-0.3, -0.25) is 0 Å². The van der Waals surface area contributed by atoms with E-state index in [2.05, 4.69) is 41.5 Å². The number of ether oxygens (including phenoxy) is 1. The first-order chi connectivity index (χ1) is 13.2. The van der Waals surface area contributed by atoms with Crippen LogP contribution in [0.25, 0.3) is 10.9 Å². The zero-order valence-corrected chi connectivity index (χ0v) is 15.3. The van der Waals surface area contributed by atoms with Gasteiger partial charge in [0.1, 0.15) is 11.6 Å². The van der Waals surface area contributed by atoms with Crippen molar-refractivity contribution in [3.63, 3.8) is 0 Å². The van der Waals surface area contributed by atoms with E-state index in [0.29, 0.717) is 0 Å². The van der Waals surface area contributed by atoms with Gasteiger partial charge >= 0.3 is 0 Å². The number of hydrogen-bond donors (Lipinski definition) is 2. The van der Waals surface area contributed by atoms with Crippen LogP contribution in [0.2, 0.25) is 0 Å². The van der Waals surface area contributed by atoms with Crippen molar-refractivity contribution in [1.29, 1.82) is 0 Å². The van der Waals surface area contributed by atoms with E-state index in [-0.39, 0.29) is 11.9 Å². The lowest BCUT2D eigenvalue weighted by atomic mass is 9.95. The molecule has 0 spiro atoms. The Morgan fingerprint density at radius 3 is 2.33 bits per heavy atom. The summed E-state index contributed by atoms with van der Waals surface area (Å²) in [7, 11) is 1.66. The molecule has 2 N–H and O–H groups in total. The topological polar surface area (TPSA) is 37.0 Å². The number of hydrogen-bond acceptors (Lipinski definition) is 2. The molecule has 0 saturated carbocycles. The van der Waals surface area contributed by atoms with Crippen LogP contribution in [-0.2, 0) is 0 Å². The van der Waals surface area contributed by atoms with Crippen molar-refractivity contribution in [3.05, 3.63) is 95.4 Å². The van der Waals surface area contributed by atoms with Crippen molar-refractivity contribution in [3.8, 4) is 5.75 Å². The number of benzene rings is 3. The van der Waals surface area contributed by atoms with Crippen LogP contribution >= 0.6 is 0 Å². The molecule has 3 aromatic carbocycles. The van der Waals surface area contributed by atoms with Gasteiger partial charge in [0.2, 0.25) is 0 Å². The van der Waals surface area contributed by atoms with Gasteiger partial charge in [-0.25, -0.2) is 4.39 Å². The van der Waals surface area contributed by atoms with E-state index < -0.39 is 0 Å². The van der Waals surface area contributed by atoms with Gasteiger partial charge in [0, 0.05) is 27.8 Å². The molecule has 0 saturated heterocycles. The minimum absolute atomic E-state index is 0.0856. The SMILES string of the molecule is COc1ccc(C(Nc2ccc(F)cc2)c2c(C)[nH]c3ccccc23)cc1. The largest absolute Gasteiger partial charge is 0.497 e.